The van der Waals surface area contributed by atoms with Crippen LogP contribution in [0.15, 0.2) is 63.2 Å². The Morgan fingerprint density at radius 3 is 1.11 bits per heavy atom. The zero-order valence-electron chi connectivity index (χ0n) is 68.9. The lowest BCUT2D eigenvalue weighted by Gasteiger charge is -2.37. The molecule has 0 saturated carbocycles. The number of nitrogens with two attached hydrogens (primary N) is 4. The smallest absolute Gasteiger partial charge is 0.383 e. The first kappa shape index (κ1) is 93.5. The number of phosphoric ester groups is 5. The van der Waals surface area contributed by atoms with Gasteiger partial charge in [0.2, 0.25) is 5.95 Å². The number of hydrogen-bond acceptors (Lipinski definition) is 42. The van der Waals surface area contributed by atoms with Crippen molar-refractivity contribution < 1.29 is 140 Å². The second-order valence-electron chi connectivity index (χ2n) is 30.1. The predicted molar refractivity (Wildman–Crippen MR) is 423 cm³/mol. The third kappa shape index (κ3) is 17.3. The van der Waals surface area contributed by atoms with E-state index in [1.54, 1.807) is 29.3 Å². The lowest BCUT2D eigenvalue weighted by atomic mass is 9.87. The molecule has 18 heterocycles. The summed E-state index contributed by atoms with van der Waals surface area (Å²) in [5.41, 5.74) is 19.3. The molecule has 25 atom stereocenters. The van der Waals surface area contributed by atoms with E-state index in [0.29, 0.717) is 78.6 Å². The quantitative estimate of drug-likeness (QED) is 0.0364. The first-order valence-electron chi connectivity index (χ1n) is 38.6. The molecule has 0 aliphatic carbocycles. The minimum Gasteiger partial charge on any atom is -0.383 e. The average Bonchev–Trinajstić information content (AvgIpc) is 1.58. The number of fused-ring (bicyclic) bond motifs is 13. The SMILES string of the molecule is CC[C@]12CCO[C@@H](C1OP(=O)(O)OC)[C@H](n1cnc3c(N)ncnc31)O2.CC[C@]12CO[C@@H](C1OP(=O)(O)OC)[C@H](n1cc(C)c(=O)[nH]c1=O)O2.CC[C@]12CO[C@@H](C1OP(=O)(O)OC)[C@H](n1cc(C)c(N)nc1=O)O2.CC[C@]12CO[C@@H](C1OP(=O)(O)OC)[C@H](n1cnc3c(=O)[nH]c(N)nc31)O2.CC[C@]12CO[C@@H](C1OP(=O)(O)OC)[C@H](n1cnc3c(N)ncnc31)O2. The van der Waals surface area contributed by atoms with Crippen LogP contribution in [0.2, 0.25) is 0 Å². The molecule has 125 heavy (non-hydrogen) atoms. The van der Waals surface area contributed by atoms with E-state index in [-0.39, 0.29) is 61.0 Å². The van der Waals surface area contributed by atoms with E-state index in [2.05, 4.69) is 77.4 Å². The summed E-state index contributed by atoms with van der Waals surface area (Å²) in [5.74, 6) is 0.584. The van der Waals surface area contributed by atoms with E-state index in [4.69, 9.17) is 92.9 Å². The third-order valence-electron chi connectivity index (χ3n) is 23.5. The first-order chi connectivity index (χ1) is 59.1. The first-order valence-corrected chi connectivity index (χ1v) is 46.1. The number of nitrogens with zero attached hydrogens (tertiary/aromatic N) is 14. The summed E-state index contributed by atoms with van der Waals surface area (Å²) in [6.45, 7) is 13.9. The van der Waals surface area contributed by atoms with Crippen molar-refractivity contribution in [1.82, 2.24) is 77.7 Å². The number of rotatable bonds is 25. The molecule has 15 N–H and O–H groups in total. The highest BCUT2D eigenvalue weighted by Crippen LogP contribution is 2.61. The molecule has 54 nitrogen and oxygen atoms in total. The van der Waals surface area contributed by atoms with Crippen molar-refractivity contribution in [2.75, 3.05) is 91.5 Å². The van der Waals surface area contributed by atoms with Crippen molar-refractivity contribution in [1.29, 1.82) is 0 Å². The Labute approximate surface area is 706 Å². The summed E-state index contributed by atoms with van der Waals surface area (Å²) < 4.78 is 175. The molecular formula is C66H95N20O34P5. The van der Waals surface area contributed by atoms with Crippen LogP contribution in [0.3, 0.4) is 0 Å². The lowest BCUT2D eigenvalue weighted by molar-refractivity contribution is -0.175. The molecular weight excluding hydrogens is 1770 g/mol. The van der Waals surface area contributed by atoms with Gasteiger partial charge in [0.05, 0.1) is 52.0 Å². The number of nitrogens with one attached hydrogen (secondary N) is 2. The highest BCUT2D eigenvalue weighted by molar-refractivity contribution is 7.48. The minimum atomic E-state index is -4.27. The largest absolute Gasteiger partial charge is 0.472 e. The summed E-state index contributed by atoms with van der Waals surface area (Å²) in [6, 6.07) is 0. The van der Waals surface area contributed by atoms with Gasteiger partial charge in [-0.3, -0.25) is 87.6 Å². The second-order valence-corrected chi connectivity index (χ2v) is 37.7. The number of nitrogen functional groups attached to an aromatic ring is 4. The molecule has 0 radical (unpaired) electrons. The van der Waals surface area contributed by atoms with Crippen LogP contribution in [0, 0.1) is 13.8 Å². The van der Waals surface area contributed by atoms with Crippen LogP contribution in [0.4, 0.5) is 23.4 Å². The topological polar surface area (TPSA) is 716 Å². The number of aromatic nitrogens is 16. The second kappa shape index (κ2) is 35.3. The minimum absolute atomic E-state index is 0.0643. The molecule has 18 rings (SSSR count). The van der Waals surface area contributed by atoms with E-state index >= 15 is 0 Å². The summed E-state index contributed by atoms with van der Waals surface area (Å²) in [6.07, 6.45) is 1.62. The average molecular weight is 1870 g/mol. The number of H-pyrrole nitrogens is 2. The maximum absolute atomic E-state index is 12.2. The Hall–Kier alpha value is -7.64. The van der Waals surface area contributed by atoms with Crippen LogP contribution in [0.1, 0.15) is 115 Å². The zero-order chi connectivity index (χ0) is 90.4. The molecule has 59 heteroatoms. The highest BCUT2D eigenvalue weighted by atomic mass is 31.2. The van der Waals surface area contributed by atoms with E-state index in [9.17, 15) is 66.5 Å². The van der Waals surface area contributed by atoms with Gasteiger partial charge >= 0.3 is 50.5 Å². The van der Waals surface area contributed by atoms with E-state index in [1.807, 2.05) is 34.6 Å². The molecule has 10 aliphatic heterocycles. The monoisotopic (exact) mass is 1870 g/mol. The Bertz CT molecular complexity index is 5870. The molecule has 8 aromatic heterocycles. The van der Waals surface area contributed by atoms with Gasteiger partial charge in [-0.15, -0.1) is 0 Å². The van der Waals surface area contributed by atoms with Gasteiger partial charge < -0.3 is 94.8 Å². The molecule has 0 amide bonds. The fraction of sp³-hybridized carbons (Fsp3) is 0.652. The molecule has 688 valence electrons. The molecule has 10 unspecified atom stereocenters. The Balaban J connectivity index is 0.000000127. The van der Waals surface area contributed by atoms with Gasteiger partial charge in [0.1, 0.15) is 119 Å². The molecule has 10 aliphatic rings. The van der Waals surface area contributed by atoms with Crippen molar-refractivity contribution >= 4 is 96.0 Å². The highest BCUT2D eigenvalue weighted by Gasteiger charge is 2.69. The lowest BCUT2D eigenvalue weighted by Crippen LogP contribution is -2.49. The van der Waals surface area contributed by atoms with Crippen LogP contribution >= 0.6 is 39.1 Å². The van der Waals surface area contributed by atoms with Crippen LogP contribution in [0.5, 0.6) is 0 Å². The fourth-order valence-corrected chi connectivity index (χ4v) is 19.9. The number of ether oxygens (including phenoxy) is 10. The Morgan fingerprint density at radius 1 is 0.408 bits per heavy atom. The molecule has 10 saturated heterocycles. The zero-order valence-corrected chi connectivity index (χ0v) is 73.3. The van der Waals surface area contributed by atoms with Crippen molar-refractivity contribution in [3.63, 3.8) is 0 Å². The van der Waals surface area contributed by atoms with Crippen LogP contribution < -0.4 is 45.4 Å². The number of anilines is 4. The van der Waals surface area contributed by atoms with Gasteiger partial charge in [-0.25, -0.2) is 67.3 Å². The van der Waals surface area contributed by atoms with Gasteiger partial charge in [0.25, 0.3) is 11.1 Å². The van der Waals surface area contributed by atoms with E-state index < -0.39 is 182 Å². The molecule has 0 spiro atoms. The Morgan fingerprint density at radius 2 is 0.736 bits per heavy atom. The molecule has 8 aromatic rings. The summed E-state index contributed by atoms with van der Waals surface area (Å²) >= 11 is 0. The maximum Gasteiger partial charge on any atom is 0.472 e. The Kier molecular flexibility index (Phi) is 26.4. The standard InChI is InChI=1S/C14H20N5O6P.C13H18N5O7P.C13H18N5O6P.C13H20N3O7P.C13H19N2O8P/c1-3-14-4-5-23-9(10(14)25-26(20,21)22-2)13(24-14)19-7-18-8-11(15)16-6-17-12(8)19;1-3-13-4-23-7(8(13)25-26(20,21)22-2)11(24-13)18-5-15-6-9(18)16-12(14)17-10(6)19;1-3-13-4-22-8(9(13)24-25(19,20)21-2)12(23-13)18-6-17-7-10(14)15-5-16-11(7)18;1-4-13-6-21-8(9(13)23-24(18,19)20-3)11(22-13)16-5-7(2)10(14)15-12(16)17;1-4-13-6-21-8(9(13)23-24(18,19)20-3)11(22-13)15-5-7(2)10(16)14-12(15)17/h6-7,9-10,13H,3-5H2,1-2H3,(H,20,21)(H2,15,16,17);5,7-8,11H,3-4H2,1-2H3,(H,20,21)(H3,14,16,17,19);5-6,8-9,12H,3-4H2,1-2H3,(H,19,20)(H2,14,15,16);5,8-9,11H,4,6H2,1-3H3,(H,18,19)(H2,14,15,17);5,8-9,11H,4,6H2,1-3H3,(H,18,19)(H,14,16,17)/t9-,10?,13+,14-;7-,8?,11+,13-;8-,9?,12+,13-;2*8-,9?,11+,13-/m00000/s1. The number of hydrogen-bond donors (Lipinski definition) is 11. The summed E-state index contributed by atoms with van der Waals surface area (Å²) in [5, 5.41) is 0. The van der Waals surface area contributed by atoms with Crippen molar-refractivity contribution in [3.05, 3.63) is 96.8 Å². The van der Waals surface area contributed by atoms with Crippen molar-refractivity contribution in [2.24, 2.45) is 0 Å². The van der Waals surface area contributed by atoms with Crippen molar-refractivity contribution in [3.8, 4) is 0 Å². The van der Waals surface area contributed by atoms with Gasteiger partial charge in [0.15, 0.2) is 65.2 Å². The van der Waals surface area contributed by atoms with Gasteiger partial charge in [-0.1, -0.05) is 34.6 Å². The number of aryl methyl sites for hydroxylation is 2. The predicted octanol–water partition coefficient (Wildman–Crippen LogP) is 1.93. The van der Waals surface area contributed by atoms with Crippen molar-refractivity contribution in [2.45, 2.75) is 207 Å². The van der Waals surface area contributed by atoms with Gasteiger partial charge in [-0.05, 0) is 46.0 Å². The third-order valence-corrected chi connectivity index (χ3v) is 28.3. The van der Waals surface area contributed by atoms with Crippen LogP contribution in [-0.4, -0.2) is 260 Å². The maximum atomic E-state index is 12.2. The van der Waals surface area contributed by atoms with Crippen LogP contribution in [0.25, 0.3) is 33.5 Å². The normalized spacial score (nSPS) is 33.8. The molecule has 10 bridgehead atoms. The van der Waals surface area contributed by atoms with E-state index in [1.165, 1.54) is 51.4 Å². The number of imidazole rings is 3. The van der Waals surface area contributed by atoms with Gasteiger partial charge in [-0.2, -0.15) is 9.97 Å². The van der Waals surface area contributed by atoms with Crippen LogP contribution in [-0.2, 0) is 115 Å². The molecule has 10 fully saturated rings. The van der Waals surface area contributed by atoms with Gasteiger partial charge in [0, 0.05) is 65.5 Å². The fourth-order valence-electron chi connectivity index (χ4n) is 16.5. The number of phosphoric acid groups is 5. The van der Waals surface area contributed by atoms with E-state index in [0.717, 1.165) is 35.5 Å². The molecule has 0 aromatic carbocycles. The summed E-state index contributed by atoms with van der Waals surface area (Å²) in [7, 11) is -15.7. The number of aromatic amines is 2. The summed E-state index contributed by atoms with van der Waals surface area (Å²) in [4.78, 5) is 137.